The van der Waals surface area contributed by atoms with Crippen LogP contribution in [0.25, 0.3) is 10.9 Å². The highest BCUT2D eigenvalue weighted by atomic mass is 14.8. The van der Waals surface area contributed by atoms with Gasteiger partial charge in [0, 0.05) is 16.6 Å². The van der Waals surface area contributed by atoms with Gasteiger partial charge in [0.15, 0.2) is 0 Å². The minimum atomic E-state index is 1.09. The van der Waals surface area contributed by atoms with Crippen LogP contribution < -0.4 is 5.32 Å². The number of aromatic nitrogens is 1. The number of fused-ring (bicyclic) bond motifs is 1. The van der Waals surface area contributed by atoms with Gasteiger partial charge in [-0.15, -0.1) is 0 Å². The van der Waals surface area contributed by atoms with Gasteiger partial charge in [0.25, 0.3) is 0 Å². The van der Waals surface area contributed by atoms with Crippen molar-refractivity contribution in [3.63, 3.8) is 0 Å². The summed E-state index contributed by atoms with van der Waals surface area (Å²) < 4.78 is 0. The number of aromatic amines is 1. The average Bonchev–Trinajstić information content (AvgIpc) is 2.56. The van der Waals surface area contributed by atoms with Gasteiger partial charge in [0.05, 0.1) is 0 Å². The summed E-state index contributed by atoms with van der Waals surface area (Å²) in [4.78, 5) is 3.41. The molecule has 16 heavy (non-hydrogen) atoms. The summed E-state index contributed by atoms with van der Waals surface area (Å²) in [5, 5.41) is 4.56. The minimum Gasteiger partial charge on any atom is -0.358 e. The maximum Gasteiger partial charge on any atom is 0.0458 e. The first-order valence-electron chi connectivity index (χ1n) is 5.95. The third-order valence-corrected chi connectivity index (χ3v) is 3.26. The van der Waals surface area contributed by atoms with Gasteiger partial charge in [0.2, 0.25) is 0 Å². The van der Waals surface area contributed by atoms with Crippen LogP contribution in [0.4, 0.5) is 0 Å². The number of rotatable bonds is 4. The zero-order valence-corrected chi connectivity index (χ0v) is 10.4. The van der Waals surface area contributed by atoms with Gasteiger partial charge >= 0.3 is 0 Å². The van der Waals surface area contributed by atoms with Gasteiger partial charge in [-0.3, -0.25) is 0 Å². The van der Waals surface area contributed by atoms with Crippen LogP contribution in [0, 0.1) is 13.8 Å². The molecule has 0 radical (unpaired) electrons. The highest BCUT2D eigenvalue weighted by Crippen LogP contribution is 2.22. The fraction of sp³-hybridized carbons (Fsp3) is 0.429. The van der Waals surface area contributed by atoms with Crippen molar-refractivity contribution in [2.45, 2.75) is 26.7 Å². The van der Waals surface area contributed by atoms with Crippen molar-refractivity contribution >= 4 is 10.9 Å². The van der Waals surface area contributed by atoms with E-state index in [0.29, 0.717) is 0 Å². The number of hydrogen-bond donors (Lipinski definition) is 2. The standard InChI is InChI=1S/C14H20N2/c1-10-11(2)16-14-7-6-12(9-13(10)14)5-4-8-15-3/h6-7,9,15-16H,4-5,8H2,1-3H3. The molecule has 0 aliphatic carbocycles. The summed E-state index contributed by atoms with van der Waals surface area (Å²) in [6.07, 6.45) is 2.35. The van der Waals surface area contributed by atoms with Crippen LogP contribution in [0.15, 0.2) is 18.2 Å². The Morgan fingerprint density at radius 2 is 2.06 bits per heavy atom. The van der Waals surface area contributed by atoms with Crippen molar-refractivity contribution in [2.75, 3.05) is 13.6 Å². The van der Waals surface area contributed by atoms with E-state index in [2.05, 4.69) is 42.3 Å². The molecule has 86 valence electrons. The molecule has 0 bridgehead atoms. The van der Waals surface area contributed by atoms with E-state index >= 15 is 0 Å². The Hall–Kier alpha value is -1.28. The van der Waals surface area contributed by atoms with E-state index in [4.69, 9.17) is 0 Å². The largest absolute Gasteiger partial charge is 0.358 e. The highest BCUT2D eigenvalue weighted by Gasteiger charge is 2.04. The molecule has 0 fully saturated rings. The maximum atomic E-state index is 3.41. The lowest BCUT2D eigenvalue weighted by atomic mass is 10.1. The van der Waals surface area contributed by atoms with Crippen molar-refractivity contribution in [2.24, 2.45) is 0 Å². The minimum absolute atomic E-state index is 1.09. The molecule has 2 heteroatoms. The first kappa shape index (κ1) is 11.2. The first-order chi connectivity index (χ1) is 7.72. The van der Waals surface area contributed by atoms with Crippen LogP contribution in [0.5, 0.6) is 0 Å². The molecule has 1 heterocycles. The topological polar surface area (TPSA) is 27.8 Å². The molecule has 0 unspecified atom stereocenters. The molecule has 0 aliphatic rings. The van der Waals surface area contributed by atoms with E-state index in [0.717, 1.165) is 13.0 Å². The predicted molar refractivity (Wildman–Crippen MR) is 70.0 cm³/mol. The average molecular weight is 216 g/mol. The molecule has 0 saturated carbocycles. The third-order valence-electron chi connectivity index (χ3n) is 3.26. The second-order valence-corrected chi connectivity index (χ2v) is 4.46. The highest BCUT2D eigenvalue weighted by molar-refractivity contribution is 5.84. The molecule has 2 rings (SSSR count). The van der Waals surface area contributed by atoms with Crippen LogP contribution in [0.2, 0.25) is 0 Å². The Morgan fingerprint density at radius 3 is 2.81 bits per heavy atom. The molecule has 2 aromatic rings. The summed E-state index contributed by atoms with van der Waals surface area (Å²) >= 11 is 0. The van der Waals surface area contributed by atoms with Crippen LogP contribution in [0.3, 0.4) is 0 Å². The summed E-state index contributed by atoms with van der Waals surface area (Å²) in [6, 6.07) is 6.75. The van der Waals surface area contributed by atoms with Crippen molar-refractivity contribution in [1.29, 1.82) is 0 Å². The molecule has 0 amide bonds. The van der Waals surface area contributed by atoms with Gasteiger partial charge in [0.1, 0.15) is 0 Å². The lowest BCUT2D eigenvalue weighted by molar-refractivity contribution is 0.725. The smallest absolute Gasteiger partial charge is 0.0458 e. The third kappa shape index (κ3) is 2.12. The van der Waals surface area contributed by atoms with Crippen molar-refractivity contribution in [3.05, 3.63) is 35.0 Å². The molecular formula is C14H20N2. The van der Waals surface area contributed by atoms with Crippen LogP contribution in [-0.4, -0.2) is 18.6 Å². The maximum absolute atomic E-state index is 3.41. The Morgan fingerprint density at radius 1 is 1.25 bits per heavy atom. The molecule has 0 saturated heterocycles. The van der Waals surface area contributed by atoms with E-state index in [9.17, 15) is 0 Å². The van der Waals surface area contributed by atoms with Gasteiger partial charge in [-0.2, -0.15) is 0 Å². The summed E-state index contributed by atoms with van der Waals surface area (Å²) in [7, 11) is 2.00. The molecule has 2 N–H and O–H groups in total. The zero-order valence-electron chi connectivity index (χ0n) is 10.4. The van der Waals surface area contributed by atoms with Crippen molar-refractivity contribution < 1.29 is 0 Å². The van der Waals surface area contributed by atoms with Crippen LogP contribution >= 0.6 is 0 Å². The van der Waals surface area contributed by atoms with Crippen LogP contribution in [0.1, 0.15) is 23.2 Å². The van der Waals surface area contributed by atoms with E-state index in [1.807, 2.05) is 7.05 Å². The molecule has 2 nitrogen and oxygen atoms in total. The SMILES string of the molecule is CNCCCc1ccc2[nH]c(C)c(C)c2c1. The van der Waals surface area contributed by atoms with Crippen molar-refractivity contribution in [1.82, 2.24) is 10.3 Å². The lowest BCUT2D eigenvalue weighted by Crippen LogP contribution is -2.08. The Bertz CT molecular complexity index is 483. The number of H-pyrrole nitrogens is 1. The Kier molecular flexibility index (Phi) is 3.30. The van der Waals surface area contributed by atoms with E-state index in [1.165, 1.54) is 34.1 Å². The molecule has 0 aliphatic heterocycles. The lowest BCUT2D eigenvalue weighted by Gasteiger charge is -2.02. The zero-order chi connectivity index (χ0) is 11.5. The van der Waals surface area contributed by atoms with Crippen LogP contribution in [-0.2, 0) is 6.42 Å². The summed E-state index contributed by atoms with van der Waals surface area (Å²) in [5.74, 6) is 0. The van der Waals surface area contributed by atoms with Gasteiger partial charge in [-0.1, -0.05) is 6.07 Å². The van der Waals surface area contributed by atoms with Gasteiger partial charge in [-0.05, 0) is 63.5 Å². The first-order valence-corrected chi connectivity index (χ1v) is 5.95. The second-order valence-electron chi connectivity index (χ2n) is 4.46. The summed E-state index contributed by atoms with van der Waals surface area (Å²) in [6.45, 7) is 5.41. The van der Waals surface area contributed by atoms with Gasteiger partial charge < -0.3 is 10.3 Å². The molecule has 1 aromatic heterocycles. The monoisotopic (exact) mass is 216 g/mol. The number of hydrogen-bond acceptors (Lipinski definition) is 1. The van der Waals surface area contributed by atoms with E-state index in [-0.39, 0.29) is 0 Å². The number of benzene rings is 1. The Labute approximate surface area is 97.1 Å². The van der Waals surface area contributed by atoms with Gasteiger partial charge in [-0.25, -0.2) is 0 Å². The van der Waals surface area contributed by atoms with E-state index < -0.39 is 0 Å². The normalized spacial score (nSPS) is 11.2. The van der Waals surface area contributed by atoms with E-state index in [1.54, 1.807) is 0 Å². The summed E-state index contributed by atoms with van der Waals surface area (Å²) in [5.41, 5.74) is 5.35. The fourth-order valence-electron chi connectivity index (χ4n) is 2.13. The quantitative estimate of drug-likeness (QED) is 0.756. The predicted octanol–water partition coefficient (Wildman–Crippen LogP) is 2.94. The Balaban J connectivity index is 2.25. The molecule has 1 aromatic carbocycles. The number of nitrogens with one attached hydrogen (secondary N) is 2. The van der Waals surface area contributed by atoms with Crippen molar-refractivity contribution in [3.8, 4) is 0 Å². The second kappa shape index (κ2) is 4.71. The molecular weight excluding hydrogens is 196 g/mol. The molecule has 0 atom stereocenters. The number of aryl methyl sites for hydroxylation is 3. The fourth-order valence-corrected chi connectivity index (χ4v) is 2.13. The molecule has 0 spiro atoms.